The van der Waals surface area contributed by atoms with Gasteiger partial charge in [0, 0.05) is 10.9 Å². The van der Waals surface area contributed by atoms with E-state index in [0.717, 1.165) is 28.2 Å². The zero-order chi connectivity index (χ0) is 25.4. The third kappa shape index (κ3) is 5.72. The monoisotopic (exact) mass is 523 g/mol. The number of hydrogen-bond donors (Lipinski definition) is 2. The van der Waals surface area contributed by atoms with Crippen molar-refractivity contribution in [3.63, 3.8) is 0 Å². The van der Waals surface area contributed by atoms with Gasteiger partial charge in [-0.05, 0) is 36.8 Å². The molecule has 4 aromatic rings. The molecule has 0 saturated heterocycles. The zero-order valence-corrected chi connectivity index (χ0v) is 19.4. The summed E-state index contributed by atoms with van der Waals surface area (Å²) >= 11 is 1.12. The van der Waals surface area contributed by atoms with Crippen LogP contribution in [-0.2, 0) is 22.0 Å². The predicted octanol–water partition coefficient (Wildman–Crippen LogP) is 5.42. The minimum absolute atomic E-state index is 0.0262. The molecule has 0 amide bonds. The Bertz CT molecular complexity index is 1550. The summed E-state index contributed by atoms with van der Waals surface area (Å²) in [6.07, 6.45) is -4.44. The quantitative estimate of drug-likeness (QED) is 0.258. The standard InChI is InChI=1S/C21H16F3N5O4S2/c1-12-18(27-26-16-8-2-13(3-9-16)11-35(31,32)33)19(30)29(28-12)20-25-17(10-34-20)14-4-6-15(7-5-14)21(22,23)24/h2-10,28H,11H2,1H3,(H,31,32,33). The average Bonchev–Trinajstić information content (AvgIpc) is 3.37. The molecule has 0 unspecified atom stereocenters. The molecule has 14 heteroatoms. The van der Waals surface area contributed by atoms with Gasteiger partial charge in [0.05, 0.1) is 22.6 Å². The van der Waals surface area contributed by atoms with Crippen LogP contribution in [0.25, 0.3) is 16.4 Å². The fourth-order valence-corrected chi connectivity index (χ4v) is 4.50. The van der Waals surface area contributed by atoms with E-state index in [9.17, 15) is 26.4 Å². The normalized spacial score (nSPS) is 12.5. The van der Waals surface area contributed by atoms with Crippen molar-refractivity contribution in [2.45, 2.75) is 18.9 Å². The van der Waals surface area contributed by atoms with Crippen molar-refractivity contribution in [2.24, 2.45) is 10.2 Å². The zero-order valence-electron chi connectivity index (χ0n) is 17.8. The first-order chi connectivity index (χ1) is 16.4. The van der Waals surface area contributed by atoms with Gasteiger partial charge >= 0.3 is 11.7 Å². The lowest BCUT2D eigenvalue weighted by atomic mass is 10.1. The molecule has 0 saturated carbocycles. The molecule has 0 aliphatic carbocycles. The molecule has 0 fully saturated rings. The maximum atomic E-state index is 12.8. The Balaban J connectivity index is 1.55. The minimum atomic E-state index is -4.44. The van der Waals surface area contributed by atoms with Crippen LogP contribution in [0.3, 0.4) is 0 Å². The second-order valence-electron chi connectivity index (χ2n) is 7.41. The van der Waals surface area contributed by atoms with Gasteiger partial charge in [-0.1, -0.05) is 24.3 Å². The van der Waals surface area contributed by atoms with Gasteiger partial charge in [-0.3, -0.25) is 14.4 Å². The van der Waals surface area contributed by atoms with Crippen molar-refractivity contribution in [3.05, 3.63) is 81.1 Å². The Morgan fingerprint density at radius 1 is 1.09 bits per heavy atom. The highest BCUT2D eigenvalue weighted by molar-refractivity contribution is 7.85. The lowest BCUT2D eigenvalue weighted by Gasteiger charge is -2.06. The molecule has 0 aliphatic rings. The second-order valence-corrected chi connectivity index (χ2v) is 9.70. The maximum absolute atomic E-state index is 12.8. The first-order valence-corrected chi connectivity index (χ1v) is 12.3. The molecule has 0 aliphatic heterocycles. The Morgan fingerprint density at radius 2 is 1.74 bits per heavy atom. The highest BCUT2D eigenvalue weighted by Gasteiger charge is 2.30. The number of alkyl halides is 3. The number of aromatic nitrogens is 3. The second kappa shape index (κ2) is 9.20. The van der Waals surface area contributed by atoms with Crippen LogP contribution in [0.15, 0.2) is 68.9 Å². The highest BCUT2D eigenvalue weighted by atomic mass is 32.2. The van der Waals surface area contributed by atoms with Crippen molar-refractivity contribution >= 4 is 32.8 Å². The topological polar surface area (TPSA) is 130 Å². The van der Waals surface area contributed by atoms with Crippen LogP contribution in [0.5, 0.6) is 0 Å². The van der Waals surface area contributed by atoms with Gasteiger partial charge in [-0.25, -0.2) is 4.98 Å². The van der Waals surface area contributed by atoms with Gasteiger partial charge in [0.25, 0.3) is 10.1 Å². The molecule has 2 heterocycles. The van der Waals surface area contributed by atoms with Gasteiger partial charge in [0.1, 0.15) is 5.75 Å². The molecule has 0 radical (unpaired) electrons. The van der Waals surface area contributed by atoms with Gasteiger partial charge < -0.3 is 0 Å². The number of hydrogen-bond acceptors (Lipinski definition) is 7. The van der Waals surface area contributed by atoms with E-state index in [1.54, 1.807) is 12.3 Å². The maximum Gasteiger partial charge on any atom is 0.416 e. The number of nitrogens with one attached hydrogen (secondary N) is 1. The van der Waals surface area contributed by atoms with Crippen LogP contribution in [0.1, 0.15) is 16.8 Å². The summed E-state index contributed by atoms with van der Waals surface area (Å²) in [5.41, 5.74) is 0.735. The number of aromatic amines is 1. The number of halogens is 3. The summed E-state index contributed by atoms with van der Waals surface area (Å²) in [6.45, 7) is 1.62. The summed E-state index contributed by atoms with van der Waals surface area (Å²) in [4.78, 5) is 17.2. The third-order valence-electron chi connectivity index (χ3n) is 4.78. The Hall–Kier alpha value is -3.62. The molecule has 2 aromatic heterocycles. The number of thiazole rings is 1. The fourth-order valence-electron chi connectivity index (χ4n) is 3.10. The van der Waals surface area contributed by atoms with Crippen LogP contribution in [-0.4, -0.2) is 27.7 Å². The van der Waals surface area contributed by atoms with Gasteiger partial charge in [0.15, 0.2) is 5.69 Å². The number of benzene rings is 2. The van der Waals surface area contributed by atoms with E-state index in [0.29, 0.717) is 28.2 Å². The van der Waals surface area contributed by atoms with E-state index >= 15 is 0 Å². The van der Waals surface area contributed by atoms with E-state index in [2.05, 4.69) is 20.3 Å². The van der Waals surface area contributed by atoms with Crippen molar-refractivity contribution < 1.29 is 26.1 Å². The molecule has 4 rings (SSSR count). The summed E-state index contributed by atoms with van der Waals surface area (Å²) in [5, 5.41) is 12.7. The molecular formula is C21H16F3N5O4S2. The lowest BCUT2D eigenvalue weighted by molar-refractivity contribution is -0.137. The summed E-state index contributed by atoms with van der Waals surface area (Å²) in [6, 6.07) is 10.4. The van der Waals surface area contributed by atoms with Gasteiger partial charge in [-0.15, -0.1) is 16.5 Å². The van der Waals surface area contributed by atoms with Crippen LogP contribution in [0.4, 0.5) is 24.5 Å². The fraction of sp³-hybridized carbons (Fsp3) is 0.143. The minimum Gasteiger partial charge on any atom is -0.291 e. The molecule has 182 valence electrons. The Morgan fingerprint density at radius 3 is 2.34 bits per heavy atom. The average molecular weight is 524 g/mol. The molecule has 2 N–H and O–H groups in total. The first kappa shape index (κ1) is 24.5. The number of H-pyrrole nitrogens is 1. The van der Waals surface area contributed by atoms with E-state index in [4.69, 9.17) is 4.55 Å². The van der Waals surface area contributed by atoms with Crippen LogP contribution in [0.2, 0.25) is 0 Å². The summed E-state index contributed by atoms with van der Waals surface area (Å²) < 4.78 is 70.3. The van der Waals surface area contributed by atoms with E-state index in [-0.39, 0.29) is 10.8 Å². The van der Waals surface area contributed by atoms with E-state index in [1.165, 1.54) is 36.4 Å². The third-order valence-corrected chi connectivity index (χ3v) is 6.31. The van der Waals surface area contributed by atoms with Crippen molar-refractivity contribution in [1.82, 2.24) is 14.8 Å². The number of aryl methyl sites for hydroxylation is 1. The van der Waals surface area contributed by atoms with Crippen LogP contribution in [0, 0.1) is 6.92 Å². The van der Waals surface area contributed by atoms with Gasteiger partial charge in [-0.2, -0.15) is 31.4 Å². The smallest absolute Gasteiger partial charge is 0.291 e. The molecule has 9 nitrogen and oxygen atoms in total. The molecular weight excluding hydrogens is 507 g/mol. The van der Waals surface area contributed by atoms with Crippen LogP contribution < -0.4 is 5.56 Å². The molecule has 0 atom stereocenters. The van der Waals surface area contributed by atoms with E-state index in [1.807, 2.05) is 0 Å². The SMILES string of the molecule is Cc1[nH]n(-c2nc(-c3ccc(C(F)(F)F)cc3)cs2)c(=O)c1N=Nc1ccc(CS(=O)(=O)O)cc1. The number of rotatable bonds is 6. The van der Waals surface area contributed by atoms with Crippen molar-refractivity contribution in [2.75, 3.05) is 0 Å². The van der Waals surface area contributed by atoms with Crippen LogP contribution >= 0.6 is 11.3 Å². The first-order valence-electron chi connectivity index (χ1n) is 9.82. The summed E-state index contributed by atoms with van der Waals surface area (Å²) in [7, 11) is -4.16. The number of azo groups is 1. The van der Waals surface area contributed by atoms with E-state index < -0.39 is 33.2 Å². The largest absolute Gasteiger partial charge is 0.416 e. The lowest BCUT2D eigenvalue weighted by Crippen LogP contribution is -2.13. The van der Waals surface area contributed by atoms with Crippen molar-refractivity contribution in [3.8, 4) is 16.4 Å². The summed E-state index contributed by atoms with van der Waals surface area (Å²) in [5.74, 6) is -0.533. The molecule has 0 spiro atoms. The Labute approximate surface area is 200 Å². The molecule has 35 heavy (non-hydrogen) atoms. The predicted molar refractivity (Wildman–Crippen MR) is 123 cm³/mol. The highest BCUT2D eigenvalue weighted by Crippen LogP contribution is 2.31. The molecule has 0 bridgehead atoms. The Kier molecular flexibility index (Phi) is 6.44. The van der Waals surface area contributed by atoms with Gasteiger partial charge in [0.2, 0.25) is 5.13 Å². The number of nitrogens with zero attached hydrogens (tertiary/aromatic N) is 4. The molecule has 2 aromatic carbocycles. The van der Waals surface area contributed by atoms with Crippen molar-refractivity contribution in [1.29, 1.82) is 0 Å².